The van der Waals surface area contributed by atoms with Crippen molar-refractivity contribution in [3.8, 4) is 0 Å². The van der Waals surface area contributed by atoms with Gasteiger partial charge in [0.25, 0.3) is 5.91 Å². The number of anilines is 1. The maximum atomic E-state index is 13.5. The van der Waals surface area contributed by atoms with Gasteiger partial charge in [-0.25, -0.2) is 9.37 Å². The van der Waals surface area contributed by atoms with E-state index in [-0.39, 0.29) is 5.82 Å². The molecule has 0 aliphatic carbocycles. The number of benzene rings is 1. The quantitative estimate of drug-likeness (QED) is 0.784. The Balaban J connectivity index is 1.91. The molecule has 2 heterocycles. The van der Waals surface area contributed by atoms with Crippen LogP contribution in [0.5, 0.6) is 0 Å². The van der Waals surface area contributed by atoms with Gasteiger partial charge in [-0.3, -0.25) is 9.78 Å². The Bertz CT molecular complexity index is 833. The molecule has 104 valence electrons. The predicted molar refractivity (Wildman–Crippen MR) is 78.6 cm³/mol. The summed E-state index contributed by atoms with van der Waals surface area (Å²) in [5.41, 5.74) is 2.16. The highest BCUT2D eigenvalue weighted by molar-refractivity contribution is 6.05. The van der Waals surface area contributed by atoms with Gasteiger partial charge in [0.2, 0.25) is 0 Å². The molecule has 0 atom stereocenters. The lowest BCUT2D eigenvalue weighted by atomic mass is 10.1. The first-order valence-electron chi connectivity index (χ1n) is 6.43. The van der Waals surface area contributed by atoms with Crippen molar-refractivity contribution < 1.29 is 9.18 Å². The van der Waals surface area contributed by atoms with Crippen LogP contribution in [-0.2, 0) is 0 Å². The van der Waals surface area contributed by atoms with Crippen molar-refractivity contribution >= 4 is 22.6 Å². The number of aryl methyl sites for hydroxylation is 1. The molecule has 0 aliphatic heterocycles. The average Bonchev–Trinajstić information content (AvgIpc) is 2.49. The molecule has 1 aromatic carbocycles. The number of aromatic nitrogens is 2. The highest BCUT2D eigenvalue weighted by Crippen LogP contribution is 2.16. The number of halogens is 1. The molecule has 4 nitrogen and oxygen atoms in total. The monoisotopic (exact) mass is 281 g/mol. The standard InChI is InChI=1S/C16H12FN3O/c1-10-4-5-11-9-12(6-7-14(11)19-10)16(21)20-15-13(17)3-2-8-18-15/h2-9H,1H3,(H,18,20,21). The van der Waals surface area contributed by atoms with Gasteiger partial charge in [-0.1, -0.05) is 6.07 Å². The van der Waals surface area contributed by atoms with Crippen LogP contribution < -0.4 is 5.32 Å². The van der Waals surface area contributed by atoms with Crippen LogP contribution in [-0.4, -0.2) is 15.9 Å². The zero-order valence-corrected chi connectivity index (χ0v) is 11.3. The Labute approximate surface area is 120 Å². The first kappa shape index (κ1) is 13.2. The predicted octanol–water partition coefficient (Wildman–Crippen LogP) is 3.33. The molecule has 3 rings (SSSR count). The van der Waals surface area contributed by atoms with Crippen molar-refractivity contribution in [1.29, 1.82) is 0 Å². The van der Waals surface area contributed by atoms with Gasteiger partial charge in [-0.15, -0.1) is 0 Å². The molecule has 0 spiro atoms. The molecule has 2 aromatic heterocycles. The molecule has 0 unspecified atom stereocenters. The van der Waals surface area contributed by atoms with Gasteiger partial charge < -0.3 is 5.32 Å². The summed E-state index contributed by atoms with van der Waals surface area (Å²) in [6.45, 7) is 1.91. The van der Waals surface area contributed by atoms with Gasteiger partial charge in [0.15, 0.2) is 11.6 Å². The van der Waals surface area contributed by atoms with Crippen LogP contribution in [0.1, 0.15) is 16.1 Å². The number of hydrogen-bond donors (Lipinski definition) is 1. The van der Waals surface area contributed by atoms with E-state index in [0.717, 1.165) is 16.6 Å². The lowest BCUT2D eigenvalue weighted by Crippen LogP contribution is -2.14. The van der Waals surface area contributed by atoms with Gasteiger partial charge in [0.05, 0.1) is 5.52 Å². The van der Waals surface area contributed by atoms with Gasteiger partial charge in [-0.2, -0.15) is 0 Å². The van der Waals surface area contributed by atoms with Gasteiger partial charge >= 0.3 is 0 Å². The van der Waals surface area contributed by atoms with E-state index < -0.39 is 11.7 Å². The molecule has 5 heteroatoms. The van der Waals surface area contributed by atoms with E-state index in [0.29, 0.717) is 5.56 Å². The van der Waals surface area contributed by atoms with E-state index in [1.54, 1.807) is 18.2 Å². The summed E-state index contributed by atoms with van der Waals surface area (Å²) in [6.07, 6.45) is 1.42. The van der Waals surface area contributed by atoms with Crippen LogP contribution in [0.15, 0.2) is 48.7 Å². The van der Waals surface area contributed by atoms with Gasteiger partial charge in [0, 0.05) is 22.8 Å². The van der Waals surface area contributed by atoms with Crippen molar-refractivity contribution in [3.05, 3.63) is 65.7 Å². The minimum Gasteiger partial charge on any atom is -0.304 e. The Kier molecular flexibility index (Phi) is 3.31. The maximum absolute atomic E-state index is 13.5. The molecular formula is C16H12FN3O. The summed E-state index contributed by atoms with van der Waals surface area (Å²) < 4.78 is 13.5. The van der Waals surface area contributed by atoms with Crippen molar-refractivity contribution in [1.82, 2.24) is 9.97 Å². The Hall–Kier alpha value is -2.82. The summed E-state index contributed by atoms with van der Waals surface area (Å²) in [5.74, 6) is -1.05. The summed E-state index contributed by atoms with van der Waals surface area (Å²) in [6, 6.07) is 11.6. The number of nitrogens with one attached hydrogen (secondary N) is 1. The SMILES string of the molecule is Cc1ccc2cc(C(=O)Nc3ncccc3F)ccc2n1. The third kappa shape index (κ3) is 2.72. The molecule has 3 aromatic rings. The summed E-state index contributed by atoms with van der Waals surface area (Å²) in [5, 5.41) is 3.31. The largest absolute Gasteiger partial charge is 0.304 e. The van der Waals surface area contributed by atoms with Crippen molar-refractivity contribution in [2.75, 3.05) is 5.32 Å². The molecular weight excluding hydrogens is 269 g/mol. The van der Waals surface area contributed by atoms with E-state index in [2.05, 4.69) is 15.3 Å². The topological polar surface area (TPSA) is 54.9 Å². The fraction of sp³-hybridized carbons (Fsp3) is 0.0625. The zero-order valence-electron chi connectivity index (χ0n) is 11.3. The highest BCUT2D eigenvalue weighted by Gasteiger charge is 2.10. The van der Waals surface area contributed by atoms with Crippen molar-refractivity contribution in [2.45, 2.75) is 6.92 Å². The molecule has 0 saturated carbocycles. The molecule has 1 N–H and O–H groups in total. The summed E-state index contributed by atoms with van der Waals surface area (Å²) >= 11 is 0. The summed E-state index contributed by atoms with van der Waals surface area (Å²) in [7, 11) is 0. The van der Waals surface area contributed by atoms with E-state index >= 15 is 0 Å². The summed E-state index contributed by atoms with van der Waals surface area (Å²) in [4.78, 5) is 20.3. The van der Waals surface area contributed by atoms with E-state index in [9.17, 15) is 9.18 Å². The number of pyridine rings is 2. The normalized spacial score (nSPS) is 10.6. The first-order valence-corrected chi connectivity index (χ1v) is 6.43. The third-order valence-electron chi connectivity index (χ3n) is 3.08. The molecule has 0 saturated heterocycles. The number of rotatable bonds is 2. The number of amides is 1. The number of carbonyl (C=O) groups excluding carboxylic acids is 1. The maximum Gasteiger partial charge on any atom is 0.256 e. The van der Waals surface area contributed by atoms with Gasteiger partial charge in [0.1, 0.15) is 0 Å². The molecule has 0 aliphatic rings. The molecule has 0 radical (unpaired) electrons. The van der Waals surface area contributed by atoms with Gasteiger partial charge in [-0.05, 0) is 43.3 Å². The minimum absolute atomic E-state index is 0.0790. The van der Waals surface area contributed by atoms with E-state index in [1.807, 2.05) is 19.1 Å². The molecule has 1 amide bonds. The zero-order chi connectivity index (χ0) is 14.8. The minimum atomic E-state index is -0.566. The second-order valence-electron chi connectivity index (χ2n) is 4.65. The number of hydrogen-bond acceptors (Lipinski definition) is 3. The fourth-order valence-corrected chi connectivity index (χ4v) is 2.03. The Morgan fingerprint density at radius 2 is 2.05 bits per heavy atom. The van der Waals surface area contributed by atoms with E-state index in [4.69, 9.17) is 0 Å². The first-order chi connectivity index (χ1) is 10.1. The van der Waals surface area contributed by atoms with Crippen molar-refractivity contribution in [2.24, 2.45) is 0 Å². The molecule has 0 fully saturated rings. The lowest BCUT2D eigenvalue weighted by Gasteiger charge is -2.06. The molecule has 0 bridgehead atoms. The average molecular weight is 281 g/mol. The second kappa shape index (κ2) is 5.28. The van der Waals surface area contributed by atoms with Crippen LogP contribution in [0.3, 0.4) is 0 Å². The fourth-order valence-electron chi connectivity index (χ4n) is 2.03. The van der Waals surface area contributed by atoms with Crippen LogP contribution in [0.2, 0.25) is 0 Å². The second-order valence-corrected chi connectivity index (χ2v) is 4.65. The number of fused-ring (bicyclic) bond motifs is 1. The lowest BCUT2D eigenvalue weighted by molar-refractivity contribution is 0.102. The van der Waals surface area contributed by atoms with E-state index in [1.165, 1.54) is 18.3 Å². The van der Waals surface area contributed by atoms with Crippen LogP contribution in [0, 0.1) is 12.7 Å². The highest BCUT2D eigenvalue weighted by atomic mass is 19.1. The number of nitrogens with zero attached hydrogens (tertiary/aromatic N) is 2. The number of carbonyl (C=O) groups is 1. The molecule has 21 heavy (non-hydrogen) atoms. The Morgan fingerprint density at radius 3 is 2.86 bits per heavy atom. The van der Waals surface area contributed by atoms with Crippen molar-refractivity contribution in [3.63, 3.8) is 0 Å². The smallest absolute Gasteiger partial charge is 0.256 e. The van der Waals surface area contributed by atoms with Crippen LogP contribution >= 0.6 is 0 Å². The van der Waals surface area contributed by atoms with Crippen LogP contribution in [0.4, 0.5) is 10.2 Å². The Morgan fingerprint density at radius 1 is 1.19 bits per heavy atom. The van der Waals surface area contributed by atoms with Crippen LogP contribution in [0.25, 0.3) is 10.9 Å². The third-order valence-corrected chi connectivity index (χ3v) is 3.08.